The molecule has 2 heterocycles. The molecule has 2 aromatic rings. The third-order valence-corrected chi connectivity index (χ3v) is 6.10. The molecule has 0 fully saturated rings. The first-order valence-corrected chi connectivity index (χ1v) is 9.05. The lowest BCUT2D eigenvalue weighted by atomic mass is 10.1. The molecule has 0 radical (unpaired) electrons. The zero-order valence-electron chi connectivity index (χ0n) is 13.9. The van der Waals surface area contributed by atoms with Crippen LogP contribution in [0.5, 0.6) is 0 Å². The second-order valence-corrected chi connectivity index (χ2v) is 8.19. The van der Waals surface area contributed by atoms with Crippen LogP contribution in [0, 0.1) is 0 Å². The van der Waals surface area contributed by atoms with Gasteiger partial charge >= 0.3 is 0 Å². The highest BCUT2D eigenvalue weighted by Crippen LogP contribution is 2.20. The number of sulfonamides is 1. The van der Waals surface area contributed by atoms with Gasteiger partial charge in [-0.15, -0.1) is 0 Å². The van der Waals surface area contributed by atoms with Crippen molar-refractivity contribution >= 4 is 15.9 Å². The maximum atomic E-state index is 12.7. The summed E-state index contributed by atoms with van der Waals surface area (Å²) in [7, 11) is 1.39. The lowest BCUT2D eigenvalue weighted by Crippen LogP contribution is -2.36. The third kappa shape index (κ3) is 2.83. The fourth-order valence-corrected chi connectivity index (χ4v) is 3.65. The number of aryl methyl sites for hydroxylation is 1. The highest BCUT2D eigenvalue weighted by atomic mass is 32.2. The number of amides is 1. The predicted octanol–water partition coefficient (Wildman–Crippen LogP) is 0.869. The standard InChI is InChI=1S/C16H20N4O3S/c1-18(2)24(22,23)13-6-4-12(5-7-13)16(21)20-9-8-14-15(10-20)19(3)11-17-14/h4-7,11H,8-10H2,1-3H3. The number of hydrogen-bond donors (Lipinski definition) is 0. The van der Waals surface area contributed by atoms with Crippen LogP contribution in [0.3, 0.4) is 0 Å². The van der Waals surface area contributed by atoms with Gasteiger partial charge < -0.3 is 9.47 Å². The zero-order chi connectivity index (χ0) is 17.5. The Kier molecular flexibility index (Phi) is 4.18. The van der Waals surface area contributed by atoms with Crippen molar-refractivity contribution in [3.63, 3.8) is 0 Å². The molecule has 128 valence electrons. The highest BCUT2D eigenvalue weighted by molar-refractivity contribution is 7.89. The molecule has 0 saturated heterocycles. The minimum absolute atomic E-state index is 0.101. The van der Waals surface area contributed by atoms with Crippen LogP contribution in [0.1, 0.15) is 21.7 Å². The Balaban J connectivity index is 1.81. The largest absolute Gasteiger partial charge is 0.336 e. The van der Waals surface area contributed by atoms with Gasteiger partial charge in [-0.05, 0) is 24.3 Å². The van der Waals surface area contributed by atoms with Crippen LogP contribution in [-0.4, -0.2) is 53.7 Å². The molecule has 0 N–H and O–H groups in total. The molecule has 8 heteroatoms. The first-order chi connectivity index (χ1) is 11.3. The van der Waals surface area contributed by atoms with E-state index in [1.807, 2.05) is 11.6 Å². The number of aromatic nitrogens is 2. The van der Waals surface area contributed by atoms with Gasteiger partial charge in [-0.1, -0.05) is 0 Å². The molecule has 0 spiro atoms. The summed E-state index contributed by atoms with van der Waals surface area (Å²) in [6.07, 6.45) is 2.49. The van der Waals surface area contributed by atoms with Crippen LogP contribution in [0.4, 0.5) is 0 Å². The van der Waals surface area contributed by atoms with Gasteiger partial charge in [0.05, 0.1) is 29.2 Å². The quantitative estimate of drug-likeness (QED) is 0.825. The van der Waals surface area contributed by atoms with Crippen LogP contribution >= 0.6 is 0 Å². The molecule has 3 rings (SSSR count). The number of rotatable bonds is 3. The van der Waals surface area contributed by atoms with Gasteiger partial charge in [-0.3, -0.25) is 4.79 Å². The average Bonchev–Trinajstić information content (AvgIpc) is 2.95. The SMILES string of the molecule is CN(C)S(=O)(=O)c1ccc(C(=O)N2CCc3ncn(C)c3C2)cc1. The molecule has 0 atom stereocenters. The molecule has 0 bridgehead atoms. The first kappa shape index (κ1) is 16.7. The number of nitrogens with zero attached hydrogens (tertiary/aromatic N) is 4. The second kappa shape index (κ2) is 6.03. The molecule has 1 aromatic heterocycles. The third-order valence-electron chi connectivity index (χ3n) is 4.27. The Morgan fingerprint density at radius 3 is 2.50 bits per heavy atom. The summed E-state index contributed by atoms with van der Waals surface area (Å²) >= 11 is 0. The molecule has 7 nitrogen and oxygen atoms in total. The van der Waals surface area contributed by atoms with Gasteiger partial charge in [0.25, 0.3) is 5.91 Å². The summed E-state index contributed by atoms with van der Waals surface area (Å²) in [4.78, 5) is 18.9. The summed E-state index contributed by atoms with van der Waals surface area (Å²) < 4.78 is 27.2. The van der Waals surface area contributed by atoms with Crippen LogP contribution in [-0.2, 0) is 30.0 Å². The minimum atomic E-state index is -3.49. The van der Waals surface area contributed by atoms with Crippen molar-refractivity contribution < 1.29 is 13.2 Å². The second-order valence-electron chi connectivity index (χ2n) is 6.04. The maximum absolute atomic E-state index is 12.7. The Morgan fingerprint density at radius 2 is 1.88 bits per heavy atom. The van der Waals surface area contributed by atoms with Crippen molar-refractivity contribution in [3.05, 3.63) is 47.5 Å². The smallest absolute Gasteiger partial charge is 0.254 e. The van der Waals surface area contributed by atoms with Gasteiger partial charge in [0.15, 0.2) is 0 Å². The van der Waals surface area contributed by atoms with Crippen molar-refractivity contribution in [2.24, 2.45) is 7.05 Å². The van der Waals surface area contributed by atoms with Gasteiger partial charge in [0.2, 0.25) is 10.0 Å². The number of fused-ring (bicyclic) bond motifs is 1. The average molecular weight is 348 g/mol. The van der Waals surface area contributed by atoms with E-state index < -0.39 is 10.0 Å². The summed E-state index contributed by atoms with van der Waals surface area (Å²) in [6.45, 7) is 1.13. The number of hydrogen-bond acceptors (Lipinski definition) is 4. The predicted molar refractivity (Wildman–Crippen MR) is 89.0 cm³/mol. The summed E-state index contributed by atoms with van der Waals surface area (Å²) in [6, 6.07) is 6.08. The van der Waals surface area contributed by atoms with Crippen LogP contribution < -0.4 is 0 Å². The van der Waals surface area contributed by atoms with Gasteiger partial charge in [-0.25, -0.2) is 17.7 Å². The van der Waals surface area contributed by atoms with Crippen molar-refractivity contribution in [2.45, 2.75) is 17.9 Å². The van der Waals surface area contributed by atoms with Crippen molar-refractivity contribution in [1.29, 1.82) is 0 Å². The fourth-order valence-electron chi connectivity index (χ4n) is 2.75. The molecule has 24 heavy (non-hydrogen) atoms. The minimum Gasteiger partial charge on any atom is -0.336 e. The van der Waals surface area contributed by atoms with E-state index in [4.69, 9.17) is 0 Å². The van der Waals surface area contributed by atoms with E-state index in [0.29, 0.717) is 18.7 Å². The van der Waals surface area contributed by atoms with Crippen molar-refractivity contribution in [2.75, 3.05) is 20.6 Å². The van der Waals surface area contributed by atoms with Gasteiger partial charge in [-0.2, -0.15) is 0 Å². The van der Waals surface area contributed by atoms with Crippen molar-refractivity contribution in [3.8, 4) is 0 Å². The molecular weight excluding hydrogens is 328 g/mol. The highest BCUT2D eigenvalue weighted by Gasteiger charge is 2.25. The van der Waals surface area contributed by atoms with Gasteiger partial charge in [0.1, 0.15) is 0 Å². The van der Waals surface area contributed by atoms with E-state index in [0.717, 1.165) is 22.1 Å². The van der Waals surface area contributed by atoms with Crippen LogP contribution in [0.25, 0.3) is 0 Å². The summed E-state index contributed by atoms with van der Waals surface area (Å²) in [5, 5.41) is 0. The number of imidazole rings is 1. The number of carbonyl (C=O) groups is 1. The lowest BCUT2D eigenvalue weighted by Gasteiger charge is -2.27. The van der Waals surface area contributed by atoms with Gasteiger partial charge in [0, 0.05) is 39.7 Å². The lowest BCUT2D eigenvalue weighted by molar-refractivity contribution is 0.0730. The van der Waals surface area contributed by atoms with Crippen LogP contribution in [0.2, 0.25) is 0 Å². The zero-order valence-corrected chi connectivity index (χ0v) is 14.7. The van der Waals surface area contributed by atoms with E-state index in [-0.39, 0.29) is 10.8 Å². The first-order valence-electron chi connectivity index (χ1n) is 7.61. The van der Waals surface area contributed by atoms with E-state index in [1.165, 1.54) is 26.2 Å². The molecule has 1 aliphatic rings. The summed E-state index contributed by atoms with van der Waals surface area (Å²) in [5.74, 6) is -0.101. The summed E-state index contributed by atoms with van der Waals surface area (Å²) in [5.41, 5.74) is 2.56. The van der Waals surface area contributed by atoms with Crippen molar-refractivity contribution in [1.82, 2.24) is 18.8 Å². The Hall–Kier alpha value is -2.19. The van der Waals surface area contributed by atoms with E-state index in [1.54, 1.807) is 23.4 Å². The number of benzene rings is 1. The molecule has 0 aliphatic carbocycles. The molecular formula is C16H20N4O3S. The monoisotopic (exact) mass is 348 g/mol. The maximum Gasteiger partial charge on any atom is 0.254 e. The van der Waals surface area contributed by atoms with E-state index >= 15 is 0 Å². The Morgan fingerprint density at radius 1 is 1.21 bits per heavy atom. The van der Waals surface area contributed by atoms with E-state index in [9.17, 15) is 13.2 Å². The Labute approximate surface area is 141 Å². The molecule has 1 aliphatic heterocycles. The molecule has 1 amide bonds. The number of carbonyl (C=O) groups excluding carboxylic acids is 1. The Bertz CT molecular complexity index is 869. The van der Waals surface area contributed by atoms with E-state index in [2.05, 4.69) is 4.98 Å². The van der Waals surface area contributed by atoms with Crippen LogP contribution in [0.15, 0.2) is 35.5 Å². The fraction of sp³-hybridized carbons (Fsp3) is 0.375. The molecule has 1 aromatic carbocycles. The molecule has 0 unspecified atom stereocenters. The topological polar surface area (TPSA) is 75.5 Å². The normalized spacial score (nSPS) is 14.8. The molecule has 0 saturated carbocycles.